The van der Waals surface area contributed by atoms with Gasteiger partial charge in [0.05, 0.1) is 35.4 Å². The normalized spacial score (nSPS) is 19.7. The Morgan fingerprint density at radius 2 is 2.03 bits per heavy atom. The lowest BCUT2D eigenvalue weighted by molar-refractivity contribution is -0.130. The van der Waals surface area contributed by atoms with Crippen LogP contribution in [0.1, 0.15) is 20.3 Å². The van der Waals surface area contributed by atoms with Gasteiger partial charge in [-0.15, -0.1) is 18.2 Å². The standard InChI is InChI=1S/C22H27N3O3S2/c1-5-8-25-18-7-6-17(28-4)10-19(18)30-22(25)23-20(26)13-29-14-21(27)24-11-15(2)9-16(3)12-24/h1,6-7,10,15-16H,8-9,11-14H2,2-4H3. The van der Waals surface area contributed by atoms with Crippen LogP contribution in [0.4, 0.5) is 0 Å². The van der Waals surface area contributed by atoms with Crippen molar-refractivity contribution >= 4 is 45.1 Å². The zero-order chi connectivity index (χ0) is 21.7. The van der Waals surface area contributed by atoms with Crippen molar-refractivity contribution in [1.29, 1.82) is 0 Å². The molecule has 2 heterocycles. The van der Waals surface area contributed by atoms with Crippen LogP contribution in [-0.2, 0) is 16.1 Å². The third-order valence-electron chi connectivity index (χ3n) is 5.03. The van der Waals surface area contributed by atoms with Gasteiger partial charge in [-0.05, 0) is 36.5 Å². The van der Waals surface area contributed by atoms with Crippen LogP contribution >= 0.6 is 23.1 Å². The molecule has 6 nitrogen and oxygen atoms in total. The summed E-state index contributed by atoms with van der Waals surface area (Å²) >= 11 is 2.72. The fourth-order valence-electron chi connectivity index (χ4n) is 3.83. The Labute approximate surface area is 185 Å². The monoisotopic (exact) mass is 445 g/mol. The SMILES string of the molecule is C#CCn1c(=NC(=O)CSCC(=O)N2CC(C)CC(C)C2)sc2cc(OC)ccc21. The van der Waals surface area contributed by atoms with Crippen LogP contribution in [0.3, 0.4) is 0 Å². The molecule has 160 valence electrons. The second-order valence-electron chi connectivity index (χ2n) is 7.75. The van der Waals surface area contributed by atoms with Crippen molar-refractivity contribution in [3.05, 3.63) is 23.0 Å². The lowest BCUT2D eigenvalue weighted by Crippen LogP contribution is -2.43. The summed E-state index contributed by atoms with van der Waals surface area (Å²) in [7, 11) is 1.61. The fraction of sp³-hybridized carbons (Fsp3) is 0.500. The van der Waals surface area contributed by atoms with Gasteiger partial charge < -0.3 is 14.2 Å². The number of aromatic nitrogens is 1. The van der Waals surface area contributed by atoms with Crippen LogP contribution < -0.4 is 9.54 Å². The van der Waals surface area contributed by atoms with Crippen LogP contribution in [0.15, 0.2) is 23.2 Å². The number of thiazole rings is 1. The van der Waals surface area contributed by atoms with Crippen molar-refractivity contribution in [3.8, 4) is 18.1 Å². The Bertz CT molecular complexity index is 1020. The number of carbonyl (C=O) groups is 2. The highest BCUT2D eigenvalue weighted by molar-refractivity contribution is 8.00. The molecule has 1 fully saturated rings. The van der Waals surface area contributed by atoms with Gasteiger partial charge in [0.15, 0.2) is 4.80 Å². The van der Waals surface area contributed by atoms with Crippen molar-refractivity contribution in [2.45, 2.75) is 26.8 Å². The maximum atomic E-state index is 12.5. The molecule has 2 atom stereocenters. The van der Waals surface area contributed by atoms with Crippen LogP contribution in [0, 0.1) is 24.2 Å². The van der Waals surface area contributed by atoms with Gasteiger partial charge in [0, 0.05) is 13.1 Å². The maximum Gasteiger partial charge on any atom is 0.258 e. The van der Waals surface area contributed by atoms with Gasteiger partial charge in [-0.3, -0.25) is 9.59 Å². The zero-order valence-corrected chi connectivity index (χ0v) is 19.2. The van der Waals surface area contributed by atoms with E-state index >= 15 is 0 Å². The topological polar surface area (TPSA) is 63.9 Å². The summed E-state index contributed by atoms with van der Waals surface area (Å²) < 4.78 is 8.07. The Hall–Kier alpha value is -2.24. The second-order valence-corrected chi connectivity index (χ2v) is 9.75. The summed E-state index contributed by atoms with van der Waals surface area (Å²) in [5, 5.41) is 0. The van der Waals surface area contributed by atoms with E-state index in [-0.39, 0.29) is 17.6 Å². The average molecular weight is 446 g/mol. The van der Waals surface area contributed by atoms with Gasteiger partial charge in [-0.2, -0.15) is 4.99 Å². The van der Waals surface area contributed by atoms with Gasteiger partial charge in [-0.25, -0.2) is 0 Å². The van der Waals surface area contributed by atoms with Crippen LogP contribution in [0.25, 0.3) is 10.2 Å². The number of fused-ring (bicyclic) bond motifs is 1. The summed E-state index contributed by atoms with van der Waals surface area (Å²) in [5.74, 6) is 4.71. The molecule has 8 heteroatoms. The quantitative estimate of drug-likeness (QED) is 0.641. The summed E-state index contributed by atoms with van der Waals surface area (Å²) in [6.07, 6.45) is 6.67. The molecular formula is C22H27N3O3S2. The number of rotatable bonds is 6. The molecule has 2 unspecified atom stereocenters. The Morgan fingerprint density at radius 3 is 2.70 bits per heavy atom. The predicted octanol–water partition coefficient (Wildman–Crippen LogP) is 3.01. The van der Waals surface area contributed by atoms with Gasteiger partial charge in [0.25, 0.3) is 5.91 Å². The summed E-state index contributed by atoms with van der Waals surface area (Å²) in [6.45, 7) is 6.29. The molecule has 1 aliphatic heterocycles. The number of hydrogen-bond acceptors (Lipinski definition) is 5. The molecule has 0 saturated carbocycles. The molecule has 0 bridgehead atoms. The van der Waals surface area contributed by atoms with Crippen molar-refractivity contribution in [1.82, 2.24) is 9.47 Å². The number of carbonyl (C=O) groups excluding carboxylic acids is 2. The van der Waals surface area contributed by atoms with E-state index in [1.54, 1.807) is 7.11 Å². The van der Waals surface area contributed by atoms with Gasteiger partial charge in [-0.1, -0.05) is 31.1 Å². The molecule has 30 heavy (non-hydrogen) atoms. The molecule has 1 aliphatic rings. The first-order chi connectivity index (χ1) is 14.4. The number of terminal acetylenes is 1. The molecular weight excluding hydrogens is 418 g/mol. The number of methoxy groups -OCH3 is 1. The van der Waals surface area contributed by atoms with Crippen molar-refractivity contribution < 1.29 is 14.3 Å². The first-order valence-electron chi connectivity index (χ1n) is 9.95. The van der Waals surface area contributed by atoms with E-state index in [1.807, 2.05) is 27.7 Å². The first kappa shape index (κ1) is 22.4. The first-order valence-corrected chi connectivity index (χ1v) is 11.9. The number of nitrogens with zero attached hydrogens (tertiary/aromatic N) is 3. The third kappa shape index (κ3) is 5.46. The highest BCUT2D eigenvalue weighted by Crippen LogP contribution is 2.23. The molecule has 0 spiro atoms. The second kappa shape index (κ2) is 10.2. The van der Waals surface area contributed by atoms with Crippen molar-refractivity contribution in [3.63, 3.8) is 0 Å². The number of piperidine rings is 1. The van der Waals surface area contributed by atoms with Crippen LogP contribution in [-0.4, -0.2) is 53.0 Å². The van der Waals surface area contributed by atoms with E-state index < -0.39 is 0 Å². The molecule has 0 radical (unpaired) electrons. The number of thioether (sulfide) groups is 1. The summed E-state index contributed by atoms with van der Waals surface area (Å²) in [4.78, 5) is 31.7. The van der Waals surface area contributed by atoms with E-state index in [1.165, 1.54) is 23.1 Å². The summed E-state index contributed by atoms with van der Waals surface area (Å²) in [6, 6.07) is 5.68. The van der Waals surface area contributed by atoms with E-state index in [4.69, 9.17) is 11.2 Å². The number of ether oxygens (including phenoxy) is 1. The molecule has 1 aromatic heterocycles. The Morgan fingerprint density at radius 1 is 1.30 bits per heavy atom. The van der Waals surface area contributed by atoms with Gasteiger partial charge in [0.2, 0.25) is 5.91 Å². The number of amides is 2. The third-order valence-corrected chi connectivity index (χ3v) is 6.98. The molecule has 0 N–H and O–H groups in total. The lowest BCUT2D eigenvalue weighted by atomic mass is 9.92. The number of benzene rings is 1. The zero-order valence-electron chi connectivity index (χ0n) is 17.6. The highest BCUT2D eigenvalue weighted by atomic mass is 32.2. The number of hydrogen-bond donors (Lipinski definition) is 0. The van der Waals surface area contributed by atoms with Crippen LogP contribution in [0.5, 0.6) is 5.75 Å². The fourth-order valence-corrected chi connectivity index (χ4v) is 5.61. The van der Waals surface area contributed by atoms with Crippen molar-refractivity contribution in [2.75, 3.05) is 31.7 Å². The molecule has 3 rings (SSSR count). The minimum absolute atomic E-state index is 0.0996. The van der Waals surface area contributed by atoms with Gasteiger partial charge in [0.1, 0.15) is 5.75 Å². The maximum absolute atomic E-state index is 12.5. The highest BCUT2D eigenvalue weighted by Gasteiger charge is 2.25. The van der Waals surface area contributed by atoms with E-state index in [0.717, 1.165) is 35.5 Å². The minimum Gasteiger partial charge on any atom is -0.497 e. The predicted molar refractivity (Wildman–Crippen MR) is 123 cm³/mol. The van der Waals surface area contributed by atoms with E-state index in [2.05, 4.69) is 24.8 Å². The Balaban J connectivity index is 1.66. The average Bonchev–Trinajstić information content (AvgIpc) is 3.03. The summed E-state index contributed by atoms with van der Waals surface area (Å²) in [5.41, 5.74) is 0.918. The molecule has 0 aliphatic carbocycles. The largest absolute Gasteiger partial charge is 0.497 e. The minimum atomic E-state index is -0.266. The van der Waals surface area contributed by atoms with E-state index in [0.29, 0.717) is 28.9 Å². The van der Waals surface area contributed by atoms with Crippen molar-refractivity contribution in [2.24, 2.45) is 16.8 Å². The molecule has 1 saturated heterocycles. The molecule has 2 aromatic rings. The lowest BCUT2D eigenvalue weighted by Gasteiger charge is -2.35. The smallest absolute Gasteiger partial charge is 0.258 e. The Kier molecular flexibility index (Phi) is 7.62. The van der Waals surface area contributed by atoms with E-state index in [9.17, 15) is 9.59 Å². The van der Waals surface area contributed by atoms with Gasteiger partial charge >= 0.3 is 0 Å². The number of likely N-dealkylation sites (tertiary alicyclic amines) is 1. The molecule has 1 aromatic carbocycles. The van der Waals surface area contributed by atoms with Crippen LogP contribution in [0.2, 0.25) is 0 Å². The molecule has 2 amide bonds.